The molecule has 3 heteroatoms. The molecule has 0 aliphatic rings. The van der Waals surface area contributed by atoms with Crippen LogP contribution in [0.25, 0.3) is 0 Å². The fraction of sp³-hybridized carbons (Fsp3) is 0.200. The lowest BCUT2D eigenvalue weighted by Crippen LogP contribution is -1.84. The third kappa shape index (κ3) is 3.03. The first-order chi connectivity index (χ1) is 6.25. The van der Waals surface area contributed by atoms with Gasteiger partial charge in [0, 0.05) is 0 Å². The number of benzene rings is 1. The Morgan fingerprint density at radius 2 is 2.00 bits per heavy atom. The zero-order chi connectivity index (χ0) is 9.68. The van der Waals surface area contributed by atoms with E-state index in [2.05, 4.69) is 0 Å². The molecule has 0 bridgehead atoms. The predicted octanol–water partition coefficient (Wildman–Crippen LogP) is 3.08. The minimum atomic E-state index is 0.0538. The van der Waals surface area contributed by atoms with Crippen LogP contribution >= 0.6 is 23.2 Å². The molecule has 0 unspecified atom stereocenters. The minimum Gasteiger partial charge on any atom is -0.392 e. The number of hydrogen-bond acceptors (Lipinski definition) is 1. The van der Waals surface area contributed by atoms with Crippen molar-refractivity contribution in [3.05, 3.63) is 46.0 Å². The van der Waals surface area contributed by atoms with Gasteiger partial charge in [-0.25, -0.2) is 0 Å². The molecule has 1 nitrogen and oxygen atoms in total. The van der Waals surface area contributed by atoms with Crippen LogP contribution in [0.2, 0.25) is 10.0 Å². The molecule has 13 heavy (non-hydrogen) atoms. The van der Waals surface area contributed by atoms with Gasteiger partial charge in [-0.05, 0) is 18.1 Å². The van der Waals surface area contributed by atoms with Crippen LogP contribution in [0, 0.1) is 0 Å². The van der Waals surface area contributed by atoms with Crippen molar-refractivity contribution in [1.82, 2.24) is 0 Å². The normalized spacial score (nSPS) is 11.0. The van der Waals surface area contributed by atoms with Gasteiger partial charge in [-0.15, -0.1) is 0 Å². The Kier molecular flexibility index (Phi) is 4.29. The lowest BCUT2D eigenvalue weighted by Gasteiger charge is -2.01. The van der Waals surface area contributed by atoms with Gasteiger partial charge in [0.2, 0.25) is 0 Å². The van der Waals surface area contributed by atoms with E-state index in [1.807, 2.05) is 18.2 Å². The third-order valence-electron chi connectivity index (χ3n) is 1.64. The van der Waals surface area contributed by atoms with Gasteiger partial charge in [-0.3, -0.25) is 0 Å². The number of aliphatic hydroxyl groups excluding tert-OH is 1. The smallest absolute Gasteiger partial charge is 0.0627 e. The molecule has 0 spiro atoms. The summed E-state index contributed by atoms with van der Waals surface area (Å²) in [6.45, 7) is 0.0538. The van der Waals surface area contributed by atoms with Crippen LogP contribution in [0.3, 0.4) is 0 Å². The van der Waals surface area contributed by atoms with Crippen LogP contribution in [0.1, 0.15) is 5.56 Å². The summed E-state index contributed by atoms with van der Waals surface area (Å²) in [5.74, 6) is 0. The number of aliphatic hydroxyl groups is 1. The molecule has 0 fully saturated rings. The van der Waals surface area contributed by atoms with Gasteiger partial charge in [-0.2, -0.15) is 0 Å². The van der Waals surface area contributed by atoms with E-state index in [-0.39, 0.29) is 6.61 Å². The molecule has 0 aliphatic heterocycles. The molecular weight excluding hydrogens is 207 g/mol. The van der Waals surface area contributed by atoms with Gasteiger partial charge in [-0.1, -0.05) is 47.5 Å². The molecule has 0 atom stereocenters. The molecule has 0 aliphatic carbocycles. The summed E-state index contributed by atoms with van der Waals surface area (Å²) in [6, 6.07) is 5.52. The van der Waals surface area contributed by atoms with Gasteiger partial charge in [0.25, 0.3) is 0 Å². The summed E-state index contributed by atoms with van der Waals surface area (Å²) >= 11 is 11.8. The highest BCUT2D eigenvalue weighted by atomic mass is 35.5. The second-order valence-corrected chi connectivity index (χ2v) is 3.36. The highest BCUT2D eigenvalue weighted by molar-refractivity contribution is 6.42. The van der Waals surface area contributed by atoms with Crippen LogP contribution in [-0.4, -0.2) is 11.7 Å². The highest BCUT2D eigenvalue weighted by Crippen LogP contribution is 2.25. The molecule has 1 rings (SSSR count). The maximum atomic E-state index is 8.52. The van der Waals surface area contributed by atoms with Crippen molar-refractivity contribution < 1.29 is 5.11 Å². The van der Waals surface area contributed by atoms with Crippen LogP contribution in [0.4, 0.5) is 0 Å². The standard InChI is InChI=1S/C10H10Cl2O/c11-9-6-3-5-8(10(9)12)4-1-2-7-13/h1-3,5-6,13H,4,7H2. The Morgan fingerprint density at radius 3 is 2.69 bits per heavy atom. The van der Waals surface area contributed by atoms with Crippen LogP contribution in [0.15, 0.2) is 30.4 Å². The fourth-order valence-electron chi connectivity index (χ4n) is 0.991. The van der Waals surface area contributed by atoms with Crippen molar-refractivity contribution in [2.45, 2.75) is 6.42 Å². The van der Waals surface area contributed by atoms with Crippen LogP contribution < -0.4 is 0 Å². The Morgan fingerprint density at radius 1 is 1.23 bits per heavy atom. The average Bonchev–Trinajstić information content (AvgIpc) is 2.13. The number of halogens is 2. The van der Waals surface area contributed by atoms with E-state index in [0.717, 1.165) is 5.56 Å². The van der Waals surface area contributed by atoms with E-state index in [1.54, 1.807) is 12.1 Å². The lowest BCUT2D eigenvalue weighted by atomic mass is 10.1. The van der Waals surface area contributed by atoms with E-state index in [9.17, 15) is 0 Å². The number of rotatable bonds is 3. The van der Waals surface area contributed by atoms with Gasteiger partial charge in [0.05, 0.1) is 16.7 Å². The largest absolute Gasteiger partial charge is 0.392 e. The first-order valence-corrected chi connectivity index (χ1v) is 4.70. The summed E-state index contributed by atoms with van der Waals surface area (Å²) in [6.07, 6.45) is 4.23. The third-order valence-corrected chi connectivity index (χ3v) is 2.50. The molecule has 1 aromatic carbocycles. The number of allylic oxidation sites excluding steroid dienone is 1. The monoisotopic (exact) mass is 216 g/mol. The van der Waals surface area contributed by atoms with Gasteiger partial charge in [0.15, 0.2) is 0 Å². The summed E-state index contributed by atoms with van der Waals surface area (Å²) in [5.41, 5.74) is 0.971. The summed E-state index contributed by atoms with van der Waals surface area (Å²) in [5, 5.41) is 9.68. The molecule has 0 saturated carbocycles. The molecule has 0 heterocycles. The molecule has 1 aromatic rings. The molecule has 0 amide bonds. The Hall–Kier alpha value is -0.500. The SMILES string of the molecule is OCC=CCc1cccc(Cl)c1Cl. The van der Waals surface area contributed by atoms with E-state index >= 15 is 0 Å². The topological polar surface area (TPSA) is 20.2 Å². The molecule has 1 N–H and O–H groups in total. The first kappa shape index (κ1) is 10.6. The quantitative estimate of drug-likeness (QED) is 0.771. The van der Waals surface area contributed by atoms with Crippen molar-refractivity contribution in [3.63, 3.8) is 0 Å². The summed E-state index contributed by atoms with van der Waals surface area (Å²) in [7, 11) is 0. The van der Waals surface area contributed by atoms with Gasteiger partial charge in [0.1, 0.15) is 0 Å². The van der Waals surface area contributed by atoms with Crippen molar-refractivity contribution >= 4 is 23.2 Å². The maximum absolute atomic E-state index is 8.52. The number of hydrogen-bond donors (Lipinski definition) is 1. The summed E-state index contributed by atoms with van der Waals surface area (Å²) in [4.78, 5) is 0. The Bertz CT molecular complexity index is 308. The van der Waals surface area contributed by atoms with Gasteiger partial charge < -0.3 is 5.11 Å². The van der Waals surface area contributed by atoms with Crippen LogP contribution in [0.5, 0.6) is 0 Å². The minimum absolute atomic E-state index is 0.0538. The first-order valence-electron chi connectivity index (χ1n) is 3.94. The molecule has 0 saturated heterocycles. The zero-order valence-electron chi connectivity index (χ0n) is 7.00. The zero-order valence-corrected chi connectivity index (χ0v) is 8.52. The molecule has 0 radical (unpaired) electrons. The predicted molar refractivity (Wildman–Crippen MR) is 56.4 cm³/mol. The van der Waals surface area contributed by atoms with E-state index < -0.39 is 0 Å². The van der Waals surface area contributed by atoms with E-state index in [1.165, 1.54) is 0 Å². The lowest BCUT2D eigenvalue weighted by molar-refractivity contribution is 0.342. The molecule has 0 aromatic heterocycles. The van der Waals surface area contributed by atoms with Crippen LogP contribution in [-0.2, 0) is 6.42 Å². The van der Waals surface area contributed by atoms with E-state index in [4.69, 9.17) is 28.3 Å². The summed E-state index contributed by atoms with van der Waals surface area (Å²) < 4.78 is 0. The van der Waals surface area contributed by atoms with E-state index in [0.29, 0.717) is 16.5 Å². The highest BCUT2D eigenvalue weighted by Gasteiger charge is 2.01. The maximum Gasteiger partial charge on any atom is 0.0627 e. The van der Waals surface area contributed by atoms with Crippen molar-refractivity contribution in [2.24, 2.45) is 0 Å². The van der Waals surface area contributed by atoms with Crippen molar-refractivity contribution in [3.8, 4) is 0 Å². The second-order valence-electron chi connectivity index (χ2n) is 2.57. The Balaban J connectivity index is 2.77. The fourth-order valence-corrected chi connectivity index (χ4v) is 1.39. The van der Waals surface area contributed by atoms with Crippen molar-refractivity contribution in [2.75, 3.05) is 6.61 Å². The molecule has 70 valence electrons. The average molecular weight is 217 g/mol. The second kappa shape index (κ2) is 5.28. The van der Waals surface area contributed by atoms with Crippen molar-refractivity contribution in [1.29, 1.82) is 0 Å². The van der Waals surface area contributed by atoms with Gasteiger partial charge >= 0.3 is 0 Å². The molecular formula is C10H10Cl2O. The Labute approximate surface area is 87.6 Å².